The molecule has 1 aliphatic rings. The summed E-state index contributed by atoms with van der Waals surface area (Å²) in [6, 6.07) is 10.0. The van der Waals surface area contributed by atoms with Gasteiger partial charge in [-0.1, -0.05) is 12.1 Å². The van der Waals surface area contributed by atoms with Crippen LogP contribution in [0.5, 0.6) is 5.75 Å². The quantitative estimate of drug-likeness (QED) is 0.877. The fourth-order valence-corrected chi connectivity index (χ4v) is 3.55. The van der Waals surface area contributed by atoms with Crippen LogP contribution in [0, 0.1) is 11.3 Å². The number of ether oxygens (including phenoxy) is 1. The molecule has 4 nitrogen and oxygen atoms in total. The molecule has 2 rings (SSSR count). The van der Waals surface area contributed by atoms with Gasteiger partial charge in [0, 0.05) is 12.2 Å². The van der Waals surface area contributed by atoms with Gasteiger partial charge in [0.1, 0.15) is 11.3 Å². The summed E-state index contributed by atoms with van der Waals surface area (Å²) in [5, 5.41) is 12.1. The van der Waals surface area contributed by atoms with E-state index in [1.807, 2.05) is 31.2 Å². The number of carbonyl (C=O) groups excluding carboxylic acids is 1. The van der Waals surface area contributed by atoms with Gasteiger partial charge in [-0.15, -0.1) is 0 Å². The molecule has 21 heavy (non-hydrogen) atoms. The van der Waals surface area contributed by atoms with Crippen molar-refractivity contribution < 1.29 is 9.53 Å². The van der Waals surface area contributed by atoms with E-state index in [0.29, 0.717) is 25.2 Å². The second-order valence-corrected chi connectivity index (χ2v) is 6.23. The first-order valence-electron chi connectivity index (χ1n) is 7.19. The molecule has 1 heterocycles. The van der Waals surface area contributed by atoms with E-state index in [1.165, 1.54) is 0 Å². The van der Waals surface area contributed by atoms with Crippen molar-refractivity contribution in [1.82, 2.24) is 5.32 Å². The SMILES string of the molecule is CCOc1ccc(CCC(=O)N[C@]2(C#N)CCSC2)cc1. The topological polar surface area (TPSA) is 62.1 Å². The molecule has 0 radical (unpaired) electrons. The molecule has 5 heteroatoms. The minimum absolute atomic E-state index is 0.0482. The largest absolute Gasteiger partial charge is 0.494 e. The fraction of sp³-hybridized carbons (Fsp3) is 0.500. The summed E-state index contributed by atoms with van der Waals surface area (Å²) < 4.78 is 5.39. The molecular formula is C16H20N2O2S. The fourth-order valence-electron chi connectivity index (χ4n) is 2.29. The van der Waals surface area contributed by atoms with Crippen molar-refractivity contribution in [1.29, 1.82) is 5.26 Å². The van der Waals surface area contributed by atoms with Crippen molar-refractivity contribution in [3.63, 3.8) is 0 Å². The van der Waals surface area contributed by atoms with E-state index in [-0.39, 0.29) is 5.91 Å². The van der Waals surface area contributed by atoms with Crippen LogP contribution < -0.4 is 10.1 Å². The number of benzene rings is 1. The molecule has 112 valence electrons. The molecule has 1 fully saturated rings. The number of carbonyl (C=O) groups is 1. The number of hydrogen-bond acceptors (Lipinski definition) is 4. The average molecular weight is 304 g/mol. The van der Waals surface area contributed by atoms with Gasteiger partial charge in [0.05, 0.1) is 12.7 Å². The molecule has 1 aromatic carbocycles. The van der Waals surface area contributed by atoms with Gasteiger partial charge in [0.2, 0.25) is 5.91 Å². The second kappa shape index (κ2) is 7.37. The molecule has 1 aromatic rings. The lowest BCUT2D eigenvalue weighted by molar-refractivity contribution is -0.122. The summed E-state index contributed by atoms with van der Waals surface area (Å²) >= 11 is 1.72. The van der Waals surface area contributed by atoms with E-state index in [9.17, 15) is 10.1 Å². The van der Waals surface area contributed by atoms with Crippen LogP contribution >= 0.6 is 11.8 Å². The highest BCUT2D eigenvalue weighted by atomic mass is 32.2. The summed E-state index contributed by atoms with van der Waals surface area (Å²) in [6.45, 7) is 2.60. The Bertz CT molecular complexity index is 516. The van der Waals surface area contributed by atoms with Crippen LogP contribution in [0.25, 0.3) is 0 Å². The molecule has 1 N–H and O–H groups in total. The number of nitriles is 1. The maximum absolute atomic E-state index is 12.0. The van der Waals surface area contributed by atoms with E-state index in [4.69, 9.17) is 4.74 Å². The maximum Gasteiger partial charge on any atom is 0.221 e. The zero-order valence-electron chi connectivity index (χ0n) is 12.2. The number of aryl methyl sites for hydroxylation is 1. The summed E-state index contributed by atoms with van der Waals surface area (Å²) in [5.41, 5.74) is 0.445. The van der Waals surface area contributed by atoms with Crippen LogP contribution in [0.3, 0.4) is 0 Å². The predicted molar refractivity (Wildman–Crippen MR) is 84.4 cm³/mol. The molecule has 1 atom stereocenters. The minimum Gasteiger partial charge on any atom is -0.494 e. The zero-order chi connectivity index (χ0) is 15.1. The Kier molecular flexibility index (Phi) is 5.51. The van der Waals surface area contributed by atoms with Crippen molar-refractivity contribution in [2.45, 2.75) is 31.7 Å². The van der Waals surface area contributed by atoms with Gasteiger partial charge < -0.3 is 10.1 Å². The lowest BCUT2D eigenvalue weighted by Crippen LogP contribution is -2.47. The first-order valence-corrected chi connectivity index (χ1v) is 8.35. The first kappa shape index (κ1) is 15.7. The van der Waals surface area contributed by atoms with Gasteiger partial charge in [-0.05, 0) is 43.2 Å². The van der Waals surface area contributed by atoms with Crippen LogP contribution in [0.2, 0.25) is 0 Å². The highest BCUT2D eigenvalue weighted by Gasteiger charge is 2.35. The number of amides is 1. The Morgan fingerprint density at radius 3 is 2.81 bits per heavy atom. The molecule has 0 saturated carbocycles. The van der Waals surface area contributed by atoms with Gasteiger partial charge in [-0.3, -0.25) is 4.79 Å². The van der Waals surface area contributed by atoms with Gasteiger partial charge in [-0.25, -0.2) is 0 Å². The minimum atomic E-state index is -0.652. The average Bonchev–Trinajstić information content (AvgIpc) is 2.96. The summed E-state index contributed by atoms with van der Waals surface area (Å²) in [4.78, 5) is 12.0. The highest BCUT2D eigenvalue weighted by Crippen LogP contribution is 2.27. The predicted octanol–water partition coefficient (Wildman–Crippen LogP) is 2.53. The lowest BCUT2D eigenvalue weighted by atomic mass is 10.0. The highest BCUT2D eigenvalue weighted by molar-refractivity contribution is 7.99. The molecular weight excluding hydrogens is 284 g/mol. The molecule has 0 aliphatic carbocycles. The van der Waals surface area contributed by atoms with E-state index < -0.39 is 5.54 Å². The molecule has 0 unspecified atom stereocenters. The van der Waals surface area contributed by atoms with Crippen LogP contribution in [-0.4, -0.2) is 29.6 Å². The molecule has 0 bridgehead atoms. The summed E-state index contributed by atoms with van der Waals surface area (Å²) in [6.07, 6.45) is 1.82. The molecule has 0 spiro atoms. The Labute approximate surface area is 129 Å². The lowest BCUT2D eigenvalue weighted by Gasteiger charge is -2.21. The molecule has 1 saturated heterocycles. The van der Waals surface area contributed by atoms with Crippen LogP contribution in [0.15, 0.2) is 24.3 Å². The normalized spacial score (nSPS) is 20.8. The van der Waals surface area contributed by atoms with Gasteiger partial charge in [0.15, 0.2) is 0 Å². The molecule has 0 aromatic heterocycles. The number of rotatable bonds is 6. The Hall–Kier alpha value is -1.67. The van der Waals surface area contributed by atoms with Crippen molar-refractivity contribution in [3.8, 4) is 11.8 Å². The van der Waals surface area contributed by atoms with Crippen LogP contribution in [-0.2, 0) is 11.2 Å². The smallest absolute Gasteiger partial charge is 0.221 e. The van der Waals surface area contributed by atoms with Crippen molar-refractivity contribution in [2.24, 2.45) is 0 Å². The maximum atomic E-state index is 12.0. The van der Waals surface area contributed by atoms with Gasteiger partial charge in [0.25, 0.3) is 0 Å². The Morgan fingerprint density at radius 2 is 2.24 bits per heavy atom. The van der Waals surface area contributed by atoms with Crippen molar-refractivity contribution in [3.05, 3.63) is 29.8 Å². The molecule has 1 amide bonds. The number of nitrogens with zero attached hydrogens (tertiary/aromatic N) is 1. The Balaban J connectivity index is 1.82. The second-order valence-electron chi connectivity index (χ2n) is 5.12. The third-order valence-corrected chi connectivity index (χ3v) is 4.68. The van der Waals surface area contributed by atoms with Gasteiger partial charge in [-0.2, -0.15) is 17.0 Å². The number of thioether (sulfide) groups is 1. The van der Waals surface area contributed by atoms with E-state index in [0.717, 1.165) is 23.5 Å². The first-order chi connectivity index (χ1) is 10.2. The van der Waals surface area contributed by atoms with Crippen LogP contribution in [0.1, 0.15) is 25.3 Å². The standard InChI is InChI=1S/C16H20N2O2S/c1-2-20-14-6-3-13(4-7-14)5-8-15(19)18-16(11-17)9-10-21-12-16/h3-4,6-7H,2,5,8-10,12H2,1H3,(H,18,19)/t16-/m0/s1. The summed E-state index contributed by atoms with van der Waals surface area (Å²) in [5.74, 6) is 2.43. The van der Waals surface area contributed by atoms with Crippen molar-refractivity contribution >= 4 is 17.7 Å². The van der Waals surface area contributed by atoms with Gasteiger partial charge >= 0.3 is 0 Å². The van der Waals surface area contributed by atoms with E-state index in [1.54, 1.807) is 11.8 Å². The number of hydrogen-bond donors (Lipinski definition) is 1. The zero-order valence-corrected chi connectivity index (χ0v) is 13.0. The van der Waals surface area contributed by atoms with Crippen molar-refractivity contribution in [2.75, 3.05) is 18.1 Å². The summed E-state index contributed by atoms with van der Waals surface area (Å²) in [7, 11) is 0. The third kappa shape index (κ3) is 4.40. The number of nitrogens with one attached hydrogen (secondary N) is 1. The third-order valence-electron chi connectivity index (χ3n) is 3.49. The monoisotopic (exact) mass is 304 g/mol. The molecule has 1 aliphatic heterocycles. The van der Waals surface area contributed by atoms with Crippen LogP contribution in [0.4, 0.5) is 0 Å². The Morgan fingerprint density at radius 1 is 1.48 bits per heavy atom. The van der Waals surface area contributed by atoms with E-state index in [2.05, 4.69) is 11.4 Å². The van der Waals surface area contributed by atoms with E-state index >= 15 is 0 Å².